The van der Waals surface area contributed by atoms with E-state index in [4.69, 9.17) is 9.84 Å². The zero-order valence-electron chi connectivity index (χ0n) is 8.35. The van der Waals surface area contributed by atoms with E-state index >= 15 is 0 Å². The van der Waals surface area contributed by atoms with Crippen LogP contribution in [0.5, 0.6) is 0 Å². The van der Waals surface area contributed by atoms with Crippen LogP contribution in [0.25, 0.3) is 0 Å². The second kappa shape index (κ2) is 3.39. The highest BCUT2D eigenvalue weighted by Gasteiger charge is 2.62. The largest absolute Gasteiger partial charge is 0.469 e. The summed E-state index contributed by atoms with van der Waals surface area (Å²) in [4.78, 5) is 11.3. The molecule has 0 heterocycles. The molecule has 2 rings (SSSR count). The van der Waals surface area contributed by atoms with E-state index in [0.29, 0.717) is 17.8 Å². The van der Waals surface area contributed by atoms with Crippen molar-refractivity contribution >= 4 is 5.97 Å². The molecule has 0 radical (unpaired) electrons. The number of rotatable bonds is 4. The van der Waals surface area contributed by atoms with Gasteiger partial charge in [0.05, 0.1) is 13.0 Å². The van der Waals surface area contributed by atoms with Gasteiger partial charge in [0.15, 0.2) is 0 Å². The molecule has 0 aromatic rings. The Kier molecular flexibility index (Phi) is 2.35. The van der Waals surface area contributed by atoms with Gasteiger partial charge in [-0.2, -0.15) is 0 Å². The van der Waals surface area contributed by atoms with Crippen molar-refractivity contribution in [3.8, 4) is 0 Å². The van der Waals surface area contributed by atoms with Crippen molar-refractivity contribution in [3.63, 3.8) is 0 Å². The van der Waals surface area contributed by atoms with Gasteiger partial charge in [0, 0.05) is 6.61 Å². The van der Waals surface area contributed by atoms with E-state index in [-0.39, 0.29) is 24.4 Å². The molecule has 3 nitrogen and oxygen atoms in total. The van der Waals surface area contributed by atoms with Crippen LogP contribution in [0.3, 0.4) is 0 Å². The molecule has 0 unspecified atom stereocenters. The molecule has 0 saturated heterocycles. The second-order valence-electron chi connectivity index (χ2n) is 4.28. The first-order chi connectivity index (χ1) is 6.74. The summed E-state index contributed by atoms with van der Waals surface area (Å²) in [6.07, 6.45) is 2.90. The highest BCUT2D eigenvalue weighted by Crippen LogP contribution is 2.62. The van der Waals surface area contributed by atoms with E-state index in [2.05, 4.69) is 6.58 Å². The fraction of sp³-hybridized carbons (Fsp3) is 0.727. The lowest BCUT2D eigenvalue weighted by molar-refractivity contribution is -0.142. The molecule has 5 atom stereocenters. The lowest BCUT2D eigenvalue weighted by Crippen LogP contribution is -2.06. The maximum absolute atomic E-state index is 11.3. The van der Waals surface area contributed by atoms with E-state index < -0.39 is 0 Å². The van der Waals surface area contributed by atoms with Gasteiger partial charge in [-0.25, -0.2) is 0 Å². The number of aliphatic hydroxyl groups excluding tert-OH is 1. The third kappa shape index (κ3) is 1.36. The van der Waals surface area contributed by atoms with Crippen molar-refractivity contribution in [2.24, 2.45) is 29.6 Å². The molecule has 0 aliphatic heterocycles. The fourth-order valence-corrected chi connectivity index (χ4v) is 2.62. The molecule has 0 aromatic heterocycles. The predicted molar refractivity (Wildman–Crippen MR) is 51.4 cm³/mol. The maximum atomic E-state index is 11.3. The molecular weight excluding hydrogens is 180 g/mol. The average Bonchev–Trinajstić information content (AvgIpc) is 3.07. The van der Waals surface area contributed by atoms with Gasteiger partial charge in [-0.15, -0.1) is 6.58 Å². The van der Waals surface area contributed by atoms with Crippen LogP contribution < -0.4 is 0 Å². The molecule has 2 saturated carbocycles. The van der Waals surface area contributed by atoms with Crippen LogP contribution >= 0.6 is 0 Å². The minimum atomic E-state index is -0.122. The topological polar surface area (TPSA) is 46.5 Å². The molecule has 1 N–H and O–H groups in total. The summed E-state index contributed by atoms with van der Waals surface area (Å²) >= 11 is 0. The molecule has 2 aliphatic rings. The minimum absolute atomic E-state index is 0.0130. The highest BCUT2D eigenvalue weighted by molar-refractivity contribution is 5.77. The zero-order valence-corrected chi connectivity index (χ0v) is 8.35. The molecule has 0 spiro atoms. The Bertz CT molecular complexity index is 261. The van der Waals surface area contributed by atoms with Crippen LogP contribution in [0, 0.1) is 29.6 Å². The van der Waals surface area contributed by atoms with Crippen LogP contribution in [0.2, 0.25) is 0 Å². The zero-order chi connectivity index (χ0) is 10.3. The molecule has 0 aromatic carbocycles. The Morgan fingerprint density at radius 2 is 2.43 bits per heavy atom. The van der Waals surface area contributed by atoms with Crippen LogP contribution in [-0.2, 0) is 9.53 Å². The molecule has 2 fully saturated rings. The van der Waals surface area contributed by atoms with Crippen molar-refractivity contribution in [2.75, 3.05) is 13.7 Å². The van der Waals surface area contributed by atoms with Crippen molar-refractivity contribution < 1.29 is 14.6 Å². The molecule has 0 bridgehead atoms. The standard InChI is InChI=1S/C11H16O3/c1-3-7-9(8-4-6(8)5-12)10(7)11(13)14-2/h3,6-10,12H,1,4-5H2,2H3/t6-,7+,8+,9+,10+/m0/s1. The number of aliphatic hydroxyl groups is 1. The van der Waals surface area contributed by atoms with E-state index in [1.54, 1.807) is 0 Å². The number of carbonyl (C=O) groups excluding carboxylic acids is 1. The van der Waals surface area contributed by atoms with Gasteiger partial charge in [-0.1, -0.05) is 6.08 Å². The lowest BCUT2D eigenvalue weighted by Gasteiger charge is -1.96. The Hall–Kier alpha value is -0.830. The first kappa shape index (κ1) is 9.71. The molecule has 3 heteroatoms. The smallest absolute Gasteiger partial charge is 0.309 e. The Labute approximate surface area is 83.8 Å². The molecule has 14 heavy (non-hydrogen) atoms. The van der Waals surface area contributed by atoms with Crippen LogP contribution in [-0.4, -0.2) is 24.8 Å². The first-order valence-electron chi connectivity index (χ1n) is 5.05. The molecule has 2 aliphatic carbocycles. The quantitative estimate of drug-likeness (QED) is 0.535. The molecule has 78 valence electrons. The summed E-state index contributed by atoms with van der Waals surface area (Å²) in [5.74, 6) is 1.49. The highest BCUT2D eigenvalue weighted by atomic mass is 16.5. The van der Waals surface area contributed by atoms with E-state index in [0.717, 1.165) is 6.42 Å². The van der Waals surface area contributed by atoms with Gasteiger partial charge >= 0.3 is 5.97 Å². The summed E-state index contributed by atoms with van der Waals surface area (Å²) in [6, 6.07) is 0. The summed E-state index contributed by atoms with van der Waals surface area (Å²) < 4.78 is 4.73. The number of allylic oxidation sites excluding steroid dienone is 1. The summed E-state index contributed by atoms with van der Waals surface area (Å²) in [5.41, 5.74) is 0. The van der Waals surface area contributed by atoms with E-state index in [1.165, 1.54) is 7.11 Å². The van der Waals surface area contributed by atoms with E-state index in [1.807, 2.05) is 6.08 Å². The second-order valence-corrected chi connectivity index (χ2v) is 4.28. The van der Waals surface area contributed by atoms with Gasteiger partial charge in [0.2, 0.25) is 0 Å². The van der Waals surface area contributed by atoms with Crippen LogP contribution in [0.1, 0.15) is 6.42 Å². The van der Waals surface area contributed by atoms with Gasteiger partial charge < -0.3 is 9.84 Å². The minimum Gasteiger partial charge on any atom is -0.469 e. The van der Waals surface area contributed by atoms with Crippen molar-refractivity contribution in [3.05, 3.63) is 12.7 Å². The number of carbonyl (C=O) groups is 1. The number of methoxy groups -OCH3 is 1. The first-order valence-corrected chi connectivity index (χ1v) is 5.05. The third-order valence-electron chi connectivity index (χ3n) is 3.58. The van der Waals surface area contributed by atoms with Crippen molar-refractivity contribution in [1.82, 2.24) is 0 Å². The lowest BCUT2D eigenvalue weighted by atomic mass is 10.1. The molecule has 0 amide bonds. The Balaban J connectivity index is 1.95. The Morgan fingerprint density at radius 3 is 2.86 bits per heavy atom. The maximum Gasteiger partial charge on any atom is 0.309 e. The summed E-state index contributed by atoms with van der Waals surface area (Å²) in [7, 11) is 1.42. The number of hydrogen-bond donors (Lipinski definition) is 1. The SMILES string of the molecule is C=C[C@H]1[C@@H](C(=O)OC)[C@H]1[C@@H]1C[C@H]1CO. The van der Waals surface area contributed by atoms with Crippen molar-refractivity contribution in [1.29, 1.82) is 0 Å². The number of ether oxygens (including phenoxy) is 1. The van der Waals surface area contributed by atoms with Crippen LogP contribution in [0.15, 0.2) is 12.7 Å². The number of hydrogen-bond acceptors (Lipinski definition) is 3. The normalized spacial score (nSPS) is 44.3. The average molecular weight is 196 g/mol. The summed E-state index contributed by atoms with van der Waals surface area (Å²) in [6.45, 7) is 3.98. The fourth-order valence-electron chi connectivity index (χ4n) is 2.62. The van der Waals surface area contributed by atoms with Gasteiger partial charge in [-0.3, -0.25) is 4.79 Å². The monoisotopic (exact) mass is 196 g/mol. The van der Waals surface area contributed by atoms with E-state index in [9.17, 15) is 4.79 Å². The van der Waals surface area contributed by atoms with Crippen LogP contribution in [0.4, 0.5) is 0 Å². The van der Waals surface area contributed by atoms with Gasteiger partial charge in [0.1, 0.15) is 0 Å². The van der Waals surface area contributed by atoms with Crippen molar-refractivity contribution in [2.45, 2.75) is 6.42 Å². The van der Waals surface area contributed by atoms with Gasteiger partial charge in [-0.05, 0) is 30.1 Å². The molecular formula is C11H16O3. The summed E-state index contributed by atoms with van der Waals surface area (Å²) in [5, 5.41) is 8.95. The number of esters is 1. The third-order valence-corrected chi connectivity index (χ3v) is 3.58. The Morgan fingerprint density at radius 1 is 1.71 bits per heavy atom. The predicted octanol–water partition coefficient (Wildman–Crippen LogP) is 0.836. The van der Waals surface area contributed by atoms with Gasteiger partial charge in [0.25, 0.3) is 0 Å².